The molecule has 3 heterocycles. The van der Waals surface area contributed by atoms with Crippen molar-refractivity contribution >= 4 is 52.3 Å². The van der Waals surface area contributed by atoms with Crippen molar-refractivity contribution in [1.82, 2.24) is 21.3 Å². The highest BCUT2D eigenvalue weighted by atomic mass is 32.2. The number of thioether (sulfide) groups is 2. The van der Waals surface area contributed by atoms with Crippen LogP contribution in [0.15, 0.2) is 63.8 Å². The van der Waals surface area contributed by atoms with E-state index in [1.54, 1.807) is 30.0 Å². The van der Waals surface area contributed by atoms with Crippen molar-refractivity contribution in [2.45, 2.75) is 75.0 Å². The van der Waals surface area contributed by atoms with Gasteiger partial charge in [-0.15, -0.1) is 11.8 Å². The molecule has 2 aromatic rings. The summed E-state index contributed by atoms with van der Waals surface area (Å²) in [5.41, 5.74) is 5.33. The summed E-state index contributed by atoms with van der Waals surface area (Å²) in [6, 6.07) is 16.5. The molecule has 3 atom stereocenters. The molecule has 0 bridgehead atoms. The fourth-order valence-corrected chi connectivity index (χ4v) is 9.15. The minimum atomic E-state index is -0.142. The zero-order chi connectivity index (χ0) is 35.0. The van der Waals surface area contributed by atoms with Gasteiger partial charge in [-0.1, -0.05) is 24.6 Å². The van der Waals surface area contributed by atoms with E-state index in [0.717, 1.165) is 77.5 Å². The molecule has 10 nitrogen and oxygen atoms in total. The lowest BCUT2D eigenvalue weighted by molar-refractivity contribution is -0.121. The van der Waals surface area contributed by atoms with Crippen molar-refractivity contribution in [3.63, 3.8) is 0 Å². The summed E-state index contributed by atoms with van der Waals surface area (Å²) >= 11 is 3.47. The average molecular weight is 717 g/mol. The Kier molecular flexibility index (Phi) is 11.9. The van der Waals surface area contributed by atoms with E-state index < -0.39 is 0 Å². The van der Waals surface area contributed by atoms with E-state index in [1.165, 1.54) is 12.1 Å². The van der Waals surface area contributed by atoms with E-state index >= 15 is 0 Å². The highest BCUT2D eigenvalue weighted by Gasteiger charge is 2.42. The van der Waals surface area contributed by atoms with Crippen molar-refractivity contribution in [2.75, 3.05) is 24.6 Å². The van der Waals surface area contributed by atoms with Crippen molar-refractivity contribution in [3.05, 3.63) is 75.9 Å². The van der Waals surface area contributed by atoms with Crippen LogP contribution in [0.25, 0.3) is 33.4 Å². The van der Waals surface area contributed by atoms with E-state index in [4.69, 9.17) is 4.42 Å². The molecule has 3 aliphatic heterocycles. The normalized spacial score (nSPS) is 18.2. The van der Waals surface area contributed by atoms with Gasteiger partial charge in [-0.2, -0.15) is 11.8 Å². The van der Waals surface area contributed by atoms with Crippen LogP contribution in [0.4, 0.5) is 4.79 Å². The molecule has 0 radical (unpaired) electrons. The van der Waals surface area contributed by atoms with Crippen molar-refractivity contribution in [2.24, 2.45) is 0 Å². The van der Waals surface area contributed by atoms with E-state index in [1.807, 2.05) is 17.8 Å². The monoisotopic (exact) mass is 716 g/mol. The Bertz CT molecular complexity index is 1880. The number of hydrogen-bond acceptors (Lipinski definition) is 8. The highest BCUT2D eigenvalue weighted by molar-refractivity contribution is 8.00. The molecule has 2 fully saturated rings. The van der Waals surface area contributed by atoms with Gasteiger partial charge < -0.3 is 30.8 Å². The van der Waals surface area contributed by atoms with E-state index in [9.17, 15) is 24.3 Å². The summed E-state index contributed by atoms with van der Waals surface area (Å²) in [4.78, 5) is 48.2. The van der Waals surface area contributed by atoms with Gasteiger partial charge >= 0.3 is 6.03 Å². The van der Waals surface area contributed by atoms with Crippen LogP contribution in [0.2, 0.25) is 0 Å². The van der Waals surface area contributed by atoms with Crippen LogP contribution in [0.1, 0.15) is 56.1 Å². The van der Waals surface area contributed by atoms with E-state index in [0.29, 0.717) is 47.6 Å². The summed E-state index contributed by atoms with van der Waals surface area (Å²) in [5, 5.41) is 23.3. The molecule has 0 saturated carbocycles. The van der Waals surface area contributed by atoms with Crippen molar-refractivity contribution < 1.29 is 23.9 Å². The molecule has 4 aliphatic rings. The second-order valence-electron chi connectivity index (χ2n) is 13.1. The quantitative estimate of drug-likeness (QED) is 0.0544. The van der Waals surface area contributed by atoms with Gasteiger partial charge in [-0.3, -0.25) is 14.4 Å². The van der Waals surface area contributed by atoms with Crippen LogP contribution in [-0.4, -0.2) is 64.9 Å². The Morgan fingerprint density at radius 3 is 2.54 bits per heavy atom. The van der Waals surface area contributed by atoms with Crippen LogP contribution in [0.5, 0.6) is 5.75 Å². The number of benzene rings is 3. The predicted octanol–water partition coefficient (Wildman–Crippen LogP) is 5.94. The first-order chi connectivity index (χ1) is 24.2. The number of nitrogens with one attached hydrogen (secondary N) is 4. The zero-order valence-corrected chi connectivity index (χ0v) is 29.9. The minimum absolute atomic E-state index is 0.0155. The second kappa shape index (κ2) is 16.7. The number of phenolic OH excluding ortho intramolecular Hbond substituents is 1. The maximum Gasteiger partial charge on any atom is 0.315 e. The lowest BCUT2D eigenvalue weighted by Crippen LogP contribution is -2.36. The summed E-state index contributed by atoms with van der Waals surface area (Å²) < 4.78 is 5.98. The summed E-state index contributed by atoms with van der Waals surface area (Å²) in [6.45, 7) is 3.32. The number of hydrogen-bond donors (Lipinski definition) is 5. The number of carbonyl (C=O) groups excluding carboxylic acids is 3. The molecule has 5 N–H and O–H groups in total. The molecule has 1 aliphatic carbocycles. The Morgan fingerprint density at radius 1 is 0.920 bits per heavy atom. The zero-order valence-electron chi connectivity index (χ0n) is 28.2. The summed E-state index contributed by atoms with van der Waals surface area (Å²) in [5.74, 6) is 2.70. The molecular weight excluding hydrogens is 673 g/mol. The maximum atomic E-state index is 12.4. The lowest BCUT2D eigenvalue weighted by Gasteiger charge is -2.17. The summed E-state index contributed by atoms with van der Waals surface area (Å²) in [6.07, 6.45) is 6.06. The molecule has 0 aromatic heterocycles. The molecule has 12 heteroatoms. The molecule has 0 spiro atoms. The molecular formula is C38H44N4O6S2. The summed E-state index contributed by atoms with van der Waals surface area (Å²) in [7, 11) is 0. The average Bonchev–Trinajstić information content (AvgIpc) is 3.64. The number of urea groups is 1. The number of aromatic hydroxyl groups is 1. The van der Waals surface area contributed by atoms with Crippen molar-refractivity contribution in [1.29, 1.82) is 0 Å². The molecule has 50 heavy (non-hydrogen) atoms. The van der Waals surface area contributed by atoms with Gasteiger partial charge in [0.05, 0.1) is 17.8 Å². The third-order valence-electron chi connectivity index (χ3n) is 9.32. The Morgan fingerprint density at radius 2 is 1.72 bits per heavy atom. The number of carbonyl (C=O) groups is 3. The standard InChI is InChI=1S/C38H44N4O6S2/c1-23-17-24(9-12-27(23)36-28-13-10-25(43)18-31(28)48-32-19-26(44)11-14-29(32)36)20-49-22-35(46)40-16-6-2-5-15-39-34(45)8-4-3-7-33-37-30(21-50-33)41-38(47)42-37/h9-14,17-19,30,33,37,43H,2-8,15-16,20-22H2,1H3,(H,39,45)(H,40,46)(H2,41,42,47)/t30-,33?,37?/m0/s1. The van der Waals surface area contributed by atoms with Gasteiger partial charge in [-0.05, 0) is 80.0 Å². The third kappa shape index (κ3) is 8.95. The Labute approximate surface area is 300 Å². The van der Waals surface area contributed by atoms with Crippen LogP contribution >= 0.6 is 23.5 Å². The van der Waals surface area contributed by atoms with Gasteiger partial charge in [0.1, 0.15) is 17.1 Å². The molecule has 2 saturated heterocycles. The third-order valence-corrected chi connectivity index (χ3v) is 11.8. The SMILES string of the molecule is Cc1cc(CSCC(=O)NCCCCCNC(=O)CCCCC2SC[C@@H]3NC(=O)NC23)ccc1-c1c2ccc(=O)cc-2oc2cc(O)ccc12. The first kappa shape index (κ1) is 35.7. The van der Waals surface area contributed by atoms with Crippen molar-refractivity contribution in [3.8, 4) is 28.2 Å². The van der Waals surface area contributed by atoms with Crippen LogP contribution < -0.4 is 26.7 Å². The van der Waals surface area contributed by atoms with E-state index in [2.05, 4.69) is 46.4 Å². The number of fused-ring (bicyclic) bond motifs is 3. The number of unbranched alkanes of at least 4 members (excludes halogenated alkanes) is 3. The molecule has 2 unspecified atom stereocenters. The van der Waals surface area contributed by atoms with Gasteiger partial charge in [0.15, 0.2) is 5.43 Å². The first-order valence-electron chi connectivity index (χ1n) is 17.3. The van der Waals surface area contributed by atoms with Crippen LogP contribution in [0, 0.1) is 6.92 Å². The smallest absolute Gasteiger partial charge is 0.315 e. The highest BCUT2D eigenvalue weighted by Crippen LogP contribution is 2.42. The topological polar surface area (TPSA) is 150 Å². The molecule has 2 aromatic carbocycles. The number of amides is 4. The molecule has 4 amide bonds. The Balaban J connectivity index is 0.856. The molecule has 264 valence electrons. The maximum absolute atomic E-state index is 12.4. The number of rotatable bonds is 16. The number of aryl methyl sites for hydroxylation is 1. The second-order valence-corrected chi connectivity index (χ2v) is 15.3. The Hall–Kier alpha value is -4.16. The predicted molar refractivity (Wildman–Crippen MR) is 201 cm³/mol. The van der Waals surface area contributed by atoms with Crippen LogP contribution in [0.3, 0.4) is 0 Å². The fourth-order valence-electron chi connectivity index (χ4n) is 6.80. The largest absolute Gasteiger partial charge is 0.508 e. The first-order valence-corrected chi connectivity index (χ1v) is 19.5. The fraction of sp³-hybridized carbons (Fsp3) is 0.421. The van der Waals surface area contributed by atoms with Gasteiger partial charge in [0.25, 0.3) is 0 Å². The van der Waals surface area contributed by atoms with E-state index in [-0.39, 0.29) is 41.1 Å². The number of phenols is 1. The van der Waals surface area contributed by atoms with Gasteiger partial charge in [-0.25, -0.2) is 4.79 Å². The van der Waals surface area contributed by atoms with Gasteiger partial charge in [0.2, 0.25) is 11.8 Å². The minimum Gasteiger partial charge on any atom is -0.508 e. The van der Waals surface area contributed by atoms with Crippen LogP contribution in [-0.2, 0) is 15.3 Å². The van der Waals surface area contributed by atoms with Gasteiger partial charge in [0, 0.05) is 64.9 Å². The molecule has 6 rings (SSSR count). The lowest BCUT2D eigenvalue weighted by atomic mass is 9.90.